The molecule has 3 aromatic rings. The molecule has 1 aliphatic heterocycles. The summed E-state index contributed by atoms with van der Waals surface area (Å²) in [6.45, 7) is 8.97. The van der Waals surface area contributed by atoms with Gasteiger partial charge in [0.25, 0.3) is 5.91 Å². The lowest BCUT2D eigenvalue weighted by Crippen LogP contribution is -2.36. The van der Waals surface area contributed by atoms with Gasteiger partial charge in [0.2, 0.25) is 0 Å². The number of anilines is 1. The number of rotatable bonds is 5. The Morgan fingerprint density at radius 2 is 1.73 bits per heavy atom. The molecule has 0 atom stereocenters. The molecule has 0 radical (unpaired) electrons. The van der Waals surface area contributed by atoms with Gasteiger partial charge in [0.05, 0.1) is 0 Å². The molecular formula is C25H28N4O. The quantitative estimate of drug-likeness (QED) is 0.633. The largest absolute Gasteiger partial charge is 0.351 e. The summed E-state index contributed by atoms with van der Waals surface area (Å²) < 4.78 is 0. The van der Waals surface area contributed by atoms with Crippen LogP contribution in [0.5, 0.6) is 0 Å². The Morgan fingerprint density at radius 1 is 1.03 bits per heavy atom. The van der Waals surface area contributed by atoms with E-state index in [0.717, 1.165) is 30.9 Å². The van der Waals surface area contributed by atoms with Gasteiger partial charge in [0.15, 0.2) is 5.82 Å². The van der Waals surface area contributed by atoms with Crippen LogP contribution in [0.25, 0.3) is 11.4 Å². The van der Waals surface area contributed by atoms with Crippen LogP contribution in [0.4, 0.5) is 5.82 Å². The summed E-state index contributed by atoms with van der Waals surface area (Å²) in [6, 6.07) is 16.7. The Morgan fingerprint density at radius 3 is 2.43 bits per heavy atom. The molecule has 0 unspecified atom stereocenters. The van der Waals surface area contributed by atoms with E-state index in [2.05, 4.69) is 53.2 Å². The molecule has 4 rings (SSSR count). The molecule has 154 valence electrons. The molecule has 0 spiro atoms. The van der Waals surface area contributed by atoms with Gasteiger partial charge in [-0.2, -0.15) is 0 Å². The molecule has 5 nitrogen and oxygen atoms in total. The Kier molecular flexibility index (Phi) is 5.79. The Hall–Kier alpha value is -3.21. The van der Waals surface area contributed by atoms with Crippen LogP contribution >= 0.6 is 0 Å². The first-order chi connectivity index (χ1) is 14.6. The predicted octanol–water partition coefficient (Wildman–Crippen LogP) is 4.50. The topological polar surface area (TPSA) is 49.3 Å². The zero-order valence-corrected chi connectivity index (χ0v) is 17.9. The molecular weight excluding hydrogens is 372 g/mol. The van der Waals surface area contributed by atoms with E-state index < -0.39 is 0 Å². The summed E-state index contributed by atoms with van der Waals surface area (Å²) in [7, 11) is 0. The minimum Gasteiger partial charge on any atom is -0.351 e. The lowest BCUT2D eigenvalue weighted by molar-refractivity contribution is 0.0772. The molecule has 0 aliphatic carbocycles. The number of amides is 1. The molecule has 30 heavy (non-hydrogen) atoms. The van der Waals surface area contributed by atoms with Gasteiger partial charge in [-0.15, -0.1) is 0 Å². The van der Waals surface area contributed by atoms with Gasteiger partial charge in [-0.05, 0) is 38.3 Å². The zero-order valence-electron chi connectivity index (χ0n) is 17.9. The van der Waals surface area contributed by atoms with Crippen LogP contribution in [0, 0.1) is 6.92 Å². The lowest BCUT2D eigenvalue weighted by Gasteiger charge is -2.32. The first kappa shape index (κ1) is 20.1. The summed E-state index contributed by atoms with van der Waals surface area (Å²) >= 11 is 0. The van der Waals surface area contributed by atoms with Crippen LogP contribution in [-0.4, -0.2) is 40.4 Å². The first-order valence-corrected chi connectivity index (χ1v) is 10.7. The number of benzene rings is 2. The first-order valence-electron chi connectivity index (χ1n) is 10.7. The molecule has 2 aromatic carbocycles. The van der Waals surface area contributed by atoms with Crippen molar-refractivity contribution in [1.82, 2.24) is 14.9 Å². The van der Waals surface area contributed by atoms with Crippen molar-refractivity contribution in [2.75, 3.05) is 24.5 Å². The minimum atomic E-state index is -0.00989. The number of fused-ring (bicyclic) bond motifs is 1. The molecule has 0 bridgehead atoms. The fourth-order valence-electron chi connectivity index (χ4n) is 3.96. The zero-order chi connectivity index (χ0) is 21.1. The van der Waals surface area contributed by atoms with Crippen LogP contribution in [0.3, 0.4) is 0 Å². The third-order valence-corrected chi connectivity index (χ3v) is 5.79. The second kappa shape index (κ2) is 8.66. The Balaban J connectivity index is 1.77. The normalized spacial score (nSPS) is 13.1. The second-order valence-electron chi connectivity index (χ2n) is 7.71. The third-order valence-electron chi connectivity index (χ3n) is 5.79. The number of carbonyl (C=O) groups is 1. The second-order valence-corrected chi connectivity index (χ2v) is 7.71. The number of hydrogen-bond donors (Lipinski definition) is 0. The van der Waals surface area contributed by atoms with Crippen molar-refractivity contribution in [3.8, 4) is 11.4 Å². The molecule has 0 N–H and O–H groups in total. The maximum atomic E-state index is 13.2. The molecule has 0 saturated carbocycles. The van der Waals surface area contributed by atoms with Crippen LogP contribution in [0.15, 0.2) is 54.7 Å². The highest BCUT2D eigenvalue weighted by atomic mass is 16.2. The van der Waals surface area contributed by atoms with Gasteiger partial charge >= 0.3 is 0 Å². The van der Waals surface area contributed by atoms with Crippen LogP contribution < -0.4 is 4.90 Å². The van der Waals surface area contributed by atoms with E-state index in [1.54, 1.807) is 6.20 Å². The van der Waals surface area contributed by atoms with Gasteiger partial charge in [0.1, 0.15) is 11.4 Å². The molecule has 0 fully saturated rings. The van der Waals surface area contributed by atoms with Crippen LogP contribution in [-0.2, 0) is 13.0 Å². The molecule has 1 amide bonds. The highest BCUT2D eigenvalue weighted by Crippen LogP contribution is 2.28. The van der Waals surface area contributed by atoms with Crippen molar-refractivity contribution >= 4 is 11.7 Å². The highest BCUT2D eigenvalue weighted by molar-refractivity contribution is 5.99. The molecule has 0 saturated heterocycles. The number of aryl methyl sites for hydroxylation is 1. The van der Waals surface area contributed by atoms with Gasteiger partial charge < -0.3 is 9.80 Å². The fraction of sp³-hybridized carbons (Fsp3) is 0.320. The maximum Gasteiger partial charge on any atom is 0.259 e. The van der Waals surface area contributed by atoms with E-state index in [0.29, 0.717) is 24.5 Å². The number of aromatic nitrogens is 2. The number of hydrogen-bond acceptors (Lipinski definition) is 4. The monoisotopic (exact) mass is 400 g/mol. The summed E-state index contributed by atoms with van der Waals surface area (Å²) in [4.78, 5) is 26.7. The summed E-state index contributed by atoms with van der Waals surface area (Å²) in [5, 5.41) is 0. The summed E-state index contributed by atoms with van der Waals surface area (Å²) in [5.41, 5.74) is 5.40. The summed E-state index contributed by atoms with van der Waals surface area (Å²) in [5.74, 6) is 1.37. The van der Waals surface area contributed by atoms with E-state index in [1.807, 2.05) is 30.9 Å². The van der Waals surface area contributed by atoms with Gasteiger partial charge in [-0.1, -0.05) is 54.1 Å². The Bertz CT molecular complexity index is 1040. The lowest BCUT2D eigenvalue weighted by atomic mass is 9.99. The van der Waals surface area contributed by atoms with Crippen molar-refractivity contribution in [2.24, 2.45) is 0 Å². The third kappa shape index (κ3) is 3.92. The molecule has 1 aliphatic rings. The van der Waals surface area contributed by atoms with Crippen LogP contribution in [0.2, 0.25) is 0 Å². The van der Waals surface area contributed by atoms with Gasteiger partial charge in [-0.3, -0.25) is 4.79 Å². The summed E-state index contributed by atoms with van der Waals surface area (Å²) in [6.07, 6.45) is 2.65. The van der Waals surface area contributed by atoms with Gasteiger partial charge in [0, 0.05) is 37.9 Å². The minimum absolute atomic E-state index is 0.00989. The van der Waals surface area contributed by atoms with Crippen molar-refractivity contribution < 1.29 is 4.79 Å². The smallest absolute Gasteiger partial charge is 0.259 e. The molecule has 5 heteroatoms. The van der Waals surface area contributed by atoms with E-state index in [1.165, 1.54) is 16.7 Å². The maximum absolute atomic E-state index is 13.2. The fourth-order valence-corrected chi connectivity index (χ4v) is 3.96. The van der Waals surface area contributed by atoms with Gasteiger partial charge in [-0.25, -0.2) is 9.97 Å². The molecule has 1 aromatic heterocycles. The standard InChI is InChI=1S/C25H28N4O/c1-4-28(5-2)25(30)22-16-26-23(20-12-10-18(3)11-13-20)27-24(22)29-15-14-19-8-6-7-9-21(19)17-29/h6-13,16H,4-5,14-15,17H2,1-3H3. The molecule has 2 heterocycles. The SMILES string of the molecule is CCN(CC)C(=O)c1cnc(-c2ccc(C)cc2)nc1N1CCc2ccccc2C1. The van der Waals surface area contributed by atoms with E-state index in [-0.39, 0.29) is 5.91 Å². The number of carbonyl (C=O) groups excluding carboxylic acids is 1. The van der Waals surface area contributed by atoms with Crippen molar-refractivity contribution in [3.05, 3.63) is 77.0 Å². The van der Waals surface area contributed by atoms with Crippen molar-refractivity contribution in [2.45, 2.75) is 33.7 Å². The van der Waals surface area contributed by atoms with E-state index >= 15 is 0 Å². The average molecular weight is 401 g/mol. The van der Waals surface area contributed by atoms with Crippen LogP contribution in [0.1, 0.15) is 40.9 Å². The van der Waals surface area contributed by atoms with E-state index in [9.17, 15) is 4.79 Å². The number of nitrogens with zero attached hydrogens (tertiary/aromatic N) is 4. The van der Waals surface area contributed by atoms with Crippen molar-refractivity contribution in [3.63, 3.8) is 0 Å². The highest BCUT2D eigenvalue weighted by Gasteiger charge is 2.25. The van der Waals surface area contributed by atoms with E-state index in [4.69, 9.17) is 4.98 Å². The average Bonchev–Trinajstić information content (AvgIpc) is 2.79. The van der Waals surface area contributed by atoms with Crippen molar-refractivity contribution in [1.29, 1.82) is 0 Å². The Labute approximate surface area is 178 Å². The predicted molar refractivity (Wildman–Crippen MR) is 121 cm³/mol.